The van der Waals surface area contributed by atoms with Gasteiger partial charge in [-0.05, 0) is 32.4 Å². The molecule has 5 nitrogen and oxygen atoms in total. The van der Waals surface area contributed by atoms with Crippen molar-refractivity contribution >= 4 is 11.5 Å². The van der Waals surface area contributed by atoms with Crippen LogP contribution in [0, 0.1) is 13.8 Å². The van der Waals surface area contributed by atoms with Gasteiger partial charge in [0.05, 0.1) is 7.11 Å². The number of hydrogen-bond donors (Lipinski definition) is 0. The van der Waals surface area contributed by atoms with Gasteiger partial charge in [0.15, 0.2) is 0 Å². The SMILES string of the molecule is COC(=O)/C(Oc1nc(C)cc(C)n1)=C(/C)c1ccccc1. The number of rotatable bonds is 4. The number of methoxy groups -OCH3 is 1. The number of ether oxygens (including phenoxy) is 2. The largest absolute Gasteiger partial charge is 0.463 e. The molecular weight excluding hydrogens is 280 g/mol. The predicted molar refractivity (Wildman–Crippen MR) is 83.2 cm³/mol. The van der Waals surface area contributed by atoms with E-state index in [4.69, 9.17) is 9.47 Å². The summed E-state index contributed by atoms with van der Waals surface area (Å²) in [4.78, 5) is 20.4. The Morgan fingerprint density at radius 2 is 1.64 bits per heavy atom. The van der Waals surface area contributed by atoms with E-state index in [1.165, 1.54) is 7.11 Å². The summed E-state index contributed by atoms with van der Waals surface area (Å²) in [6, 6.07) is 11.4. The van der Waals surface area contributed by atoms with Gasteiger partial charge in [-0.2, -0.15) is 0 Å². The van der Waals surface area contributed by atoms with Gasteiger partial charge in [0.1, 0.15) is 0 Å². The van der Waals surface area contributed by atoms with E-state index in [0.29, 0.717) is 5.57 Å². The first-order valence-corrected chi connectivity index (χ1v) is 6.86. The van der Waals surface area contributed by atoms with Crippen molar-refractivity contribution in [1.29, 1.82) is 0 Å². The van der Waals surface area contributed by atoms with Crippen molar-refractivity contribution in [3.05, 3.63) is 59.1 Å². The normalized spacial score (nSPS) is 11.6. The van der Waals surface area contributed by atoms with Crippen molar-refractivity contribution in [3.8, 4) is 6.01 Å². The highest BCUT2D eigenvalue weighted by Crippen LogP contribution is 2.21. The maximum absolute atomic E-state index is 12.0. The molecular formula is C17H18N2O3. The lowest BCUT2D eigenvalue weighted by Crippen LogP contribution is -2.14. The van der Waals surface area contributed by atoms with Gasteiger partial charge in [-0.3, -0.25) is 0 Å². The molecule has 0 fully saturated rings. The summed E-state index contributed by atoms with van der Waals surface area (Å²) in [6.45, 7) is 5.48. The highest BCUT2D eigenvalue weighted by Gasteiger charge is 2.19. The van der Waals surface area contributed by atoms with Crippen LogP contribution >= 0.6 is 0 Å². The van der Waals surface area contributed by atoms with Crippen LogP contribution in [-0.2, 0) is 9.53 Å². The zero-order valence-electron chi connectivity index (χ0n) is 13.1. The Balaban J connectivity index is 2.45. The molecule has 2 rings (SSSR count). The van der Waals surface area contributed by atoms with Gasteiger partial charge in [-0.15, -0.1) is 0 Å². The molecule has 5 heteroatoms. The van der Waals surface area contributed by atoms with Crippen molar-refractivity contribution < 1.29 is 14.3 Å². The van der Waals surface area contributed by atoms with E-state index in [0.717, 1.165) is 17.0 Å². The van der Waals surface area contributed by atoms with E-state index in [2.05, 4.69) is 9.97 Å². The van der Waals surface area contributed by atoms with Crippen LogP contribution in [0.3, 0.4) is 0 Å². The molecule has 0 atom stereocenters. The van der Waals surface area contributed by atoms with Gasteiger partial charge in [0, 0.05) is 17.0 Å². The van der Waals surface area contributed by atoms with E-state index in [9.17, 15) is 4.79 Å². The number of benzene rings is 1. The third-order valence-electron chi connectivity index (χ3n) is 3.07. The Labute approximate surface area is 129 Å². The molecule has 0 aliphatic heterocycles. The maximum Gasteiger partial charge on any atom is 0.374 e. The van der Waals surface area contributed by atoms with Gasteiger partial charge >= 0.3 is 12.0 Å². The van der Waals surface area contributed by atoms with Crippen molar-refractivity contribution in [3.63, 3.8) is 0 Å². The lowest BCUT2D eigenvalue weighted by molar-refractivity contribution is -0.138. The highest BCUT2D eigenvalue weighted by atomic mass is 16.6. The molecule has 0 saturated heterocycles. The minimum absolute atomic E-state index is 0.0821. The fraction of sp³-hybridized carbons (Fsp3) is 0.235. The predicted octanol–water partition coefficient (Wildman–Crippen LogP) is 3.08. The van der Waals surface area contributed by atoms with Crippen molar-refractivity contribution in [2.24, 2.45) is 0 Å². The van der Waals surface area contributed by atoms with Crippen molar-refractivity contribution in [2.45, 2.75) is 20.8 Å². The second-order valence-corrected chi connectivity index (χ2v) is 4.85. The number of esters is 1. The molecule has 0 unspecified atom stereocenters. The van der Waals surface area contributed by atoms with Crippen LogP contribution in [0.15, 0.2) is 42.2 Å². The number of aromatic nitrogens is 2. The summed E-state index contributed by atoms with van der Waals surface area (Å²) in [7, 11) is 1.31. The zero-order valence-corrected chi connectivity index (χ0v) is 13.1. The lowest BCUT2D eigenvalue weighted by Gasteiger charge is -2.11. The Morgan fingerprint density at radius 1 is 1.05 bits per heavy atom. The Kier molecular flexibility index (Phi) is 4.88. The summed E-state index contributed by atoms with van der Waals surface area (Å²) in [5.41, 5.74) is 3.07. The number of allylic oxidation sites excluding steroid dienone is 1. The van der Waals surface area contributed by atoms with Crippen molar-refractivity contribution in [2.75, 3.05) is 7.11 Å². The van der Waals surface area contributed by atoms with Crippen molar-refractivity contribution in [1.82, 2.24) is 9.97 Å². The maximum atomic E-state index is 12.0. The molecule has 0 aliphatic carbocycles. The third-order valence-corrected chi connectivity index (χ3v) is 3.07. The van der Waals surface area contributed by atoms with Crippen LogP contribution in [0.2, 0.25) is 0 Å². The first kappa shape index (κ1) is 15.7. The lowest BCUT2D eigenvalue weighted by atomic mass is 10.1. The molecule has 0 N–H and O–H groups in total. The van der Waals surface area contributed by atoms with Gasteiger partial charge in [0.25, 0.3) is 0 Å². The van der Waals surface area contributed by atoms with Gasteiger partial charge < -0.3 is 9.47 Å². The fourth-order valence-electron chi connectivity index (χ4n) is 2.01. The third kappa shape index (κ3) is 3.69. The second kappa shape index (κ2) is 6.85. The van der Waals surface area contributed by atoms with Crippen LogP contribution in [0.25, 0.3) is 5.57 Å². The van der Waals surface area contributed by atoms with Gasteiger partial charge in [-0.25, -0.2) is 14.8 Å². The number of carbonyl (C=O) groups is 1. The molecule has 0 aliphatic rings. The van der Waals surface area contributed by atoms with E-state index < -0.39 is 5.97 Å². The average molecular weight is 298 g/mol. The summed E-state index contributed by atoms with van der Waals surface area (Å²) < 4.78 is 10.4. The first-order chi connectivity index (χ1) is 10.5. The van der Waals surface area contributed by atoms with Crippen LogP contribution < -0.4 is 4.74 Å². The smallest absolute Gasteiger partial charge is 0.374 e. The molecule has 0 amide bonds. The monoisotopic (exact) mass is 298 g/mol. The molecule has 22 heavy (non-hydrogen) atoms. The summed E-state index contributed by atoms with van der Waals surface area (Å²) in [5.74, 6) is -0.484. The topological polar surface area (TPSA) is 61.3 Å². The quantitative estimate of drug-likeness (QED) is 0.493. The van der Waals surface area contributed by atoms with E-state index in [-0.39, 0.29) is 11.8 Å². The number of hydrogen-bond acceptors (Lipinski definition) is 5. The average Bonchev–Trinajstić information content (AvgIpc) is 2.51. The fourth-order valence-corrected chi connectivity index (χ4v) is 2.01. The Morgan fingerprint density at radius 3 is 2.18 bits per heavy atom. The first-order valence-electron chi connectivity index (χ1n) is 6.86. The zero-order chi connectivity index (χ0) is 16.1. The van der Waals surface area contributed by atoms with Gasteiger partial charge in [-0.1, -0.05) is 30.3 Å². The molecule has 1 aromatic heterocycles. The molecule has 0 radical (unpaired) electrons. The summed E-state index contributed by atoms with van der Waals surface area (Å²) in [5, 5.41) is 0. The van der Waals surface area contributed by atoms with Crippen LogP contribution in [-0.4, -0.2) is 23.0 Å². The molecule has 114 valence electrons. The number of nitrogens with zero attached hydrogens (tertiary/aromatic N) is 2. The van der Waals surface area contributed by atoms with E-state index >= 15 is 0 Å². The standard InChI is InChI=1S/C17H18N2O3/c1-11-10-12(2)19-17(18-11)22-15(16(20)21-4)13(3)14-8-6-5-7-9-14/h5-10H,1-4H3/b15-13+. The van der Waals surface area contributed by atoms with Crippen LogP contribution in [0.5, 0.6) is 6.01 Å². The molecule has 0 spiro atoms. The van der Waals surface area contributed by atoms with E-state index in [1.54, 1.807) is 6.92 Å². The Bertz CT molecular complexity index is 689. The van der Waals surface area contributed by atoms with Crippen LogP contribution in [0.1, 0.15) is 23.9 Å². The second-order valence-electron chi connectivity index (χ2n) is 4.85. The number of aryl methyl sites for hydroxylation is 2. The highest BCUT2D eigenvalue weighted by molar-refractivity contribution is 5.95. The minimum Gasteiger partial charge on any atom is -0.463 e. The molecule has 0 saturated carbocycles. The molecule has 1 heterocycles. The molecule has 2 aromatic rings. The molecule has 1 aromatic carbocycles. The summed E-state index contributed by atoms with van der Waals surface area (Å²) in [6.07, 6.45) is 0. The van der Waals surface area contributed by atoms with Crippen LogP contribution in [0.4, 0.5) is 0 Å². The summed E-state index contributed by atoms with van der Waals surface area (Å²) >= 11 is 0. The number of carbonyl (C=O) groups excluding carboxylic acids is 1. The van der Waals surface area contributed by atoms with Gasteiger partial charge in [0.2, 0.25) is 5.76 Å². The molecule has 0 bridgehead atoms. The minimum atomic E-state index is -0.566. The Hall–Kier alpha value is -2.69. The van der Waals surface area contributed by atoms with E-state index in [1.807, 2.05) is 50.2 Å².